The molecule has 98 valence electrons. The van der Waals surface area contributed by atoms with E-state index in [0.29, 0.717) is 5.69 Å². The molecule has 0 radical (unpaired) electrons. The summed E-state index contributed by atoms with van der Waals surface area (Å²) >= 11 is 0. The highest BCUT2D eigenvalue weighted by Crippen LogP contribution is 2.15. The lowest BCUT2D eigenvalue weighted by atomic mass is 10.2. The van der Waals surface area contributed by atoms with Crippen molar-refractivity contribution in [3.63, 3.8) is 0 Å². The first kappa shape index (κ1) is 14.4. The average molecular weight is 269 g/mol. The molecule has 1 aromatic carbocycles. The molecule has 18 heavy (non-hydrogen) atoms. The zero-order chi connectivity index (χ0) is 13.8. The smallest absolute Gasteiger partial charge is 0.231 e. The summed E-state index contributed by atoms with van der Waals surface area (Å²) in [7, 11) is -3.23. The predicted octanol–water partition coefficient (Wildman–Crippen LogP) is 1.40. The van der Waals surface area contributed by atoms with Gasteiger partial charge in [0.05, 0.1) is 17.1 Å². The van der Waals surface area contributed by atoms with Crippen molar-refractivity contribution in [3.05, 3.63) is 24.3 Å². The van der Waals surface area contributed by atoms with Gasteiger partial charge in [-0.15, -0.1) is 0 Å². The van der Waals surface area contributed by atoms with E-state index in [-0.39, 0.29) is 22.9 Å². The fourth-order valence-electron chi connectivity index (χ4n) is 1.34. The molecule has 0 saturated heterocycles. The van der Waals surface area contributed by atoms with Gasteiger partial charge in [0.25, 0.3) is 0 Å². The fourth-order valence-corrected chi connectivity index (χ4v) is 2.23. The van der Waals surface area contributed by atoms with Gasteiger partial charge in [0.15, 0.2) is 9.84 Å². The Kier molecular flexibility index (Phi) is 4.61. The Hall–Kier alpha value is -1.69. The van der Waals surface area contributed by atoms with Crippen LogP contribution >= 0.6 is 0 Å². The van der Waals surface area contributed by atoms with E-state index in [1.807, 2.05) is 0 Å². The minimum absolute atomic E-state index is 0.0308. The van der Waals surface area contributed by atoms with Crippen molar-refractivity contribution in [3.8, 4) is 0 Å². The molecule has 0 saturated carbocycles. The first-order valence-corrected chi connectivity index (χ1v) is 7.12. The highest BCUT2D eigenvalue weighted by Gasteiger charge is 2.11. The lowest BCUT2D eigenvalue weighted by Crippen LogP contribution is -2.14. The normalized spacial score (nSPS) is 11.0. The first-order chi connectivity index (χ1) is 8.35. The third-order valence-electron chi connectivity index (χ3n) is 2.29. The zero-order valence-electron chi connectivity index (χ0n) is 10.3. The first-order valence-electron chi connectivity index (χ1n) is 5.47. The maximum atomic E-state index is 11.5. The van der Waals surface area contributed by atoms with Crippen LogP contribution < -0.4 is 5.32 Å². The predicted molar refractivity (Wildman–Crippen MR) is 68.1 cm³/mol. The quantitative estimate of drug-likeness (QED) is 0.819. The lowest BCUT2D eigenvalue weighted by molar-refractivity contribution is -0.124. The van der Waals surface area contributed by atoms with Gasteiger partial charge in [-0.1, -0.05) is 6.92 Å². The Balaban J connectivity index is 2.78. The molecule has 5 nitrogen and oxygen atoms in total. The van der Waals surface area contributed by atoms with Gasteiger partial charge < -0.3 is 5.32 Å². The zero-order valence-corrected chi connectivity index (χ0v) is 11.1. The van der Waals surface area contributed by atoms with E-state index in [0.717, 1.165) is 0 Å². The average Bonchev–Trinajstić information content (AvgIpc) is 2.28. The highest BCUT2D eigenvalue weighted by atomic mass is 32.2. The van der Waals surface area contributed by atoms with E-state index >= 15 is 0 Å². The SMILES string of the molecule is CCS(=O)(=O)c1ccc(NC(=O)CC(C)=O)cc1. The molecule has 0 aliphatic carbocycles. The second-order valence-electron chi connectivity index (χ2n) is 3.85. The second-order valence-corrected chi connectivity index (χ2v) is 6.13. The molecule has 1 rings (SSSR count). The van der Waals surface area contributed by atoms with Crippen LogP contribution in [0.25, 0.3) is 0 Å². The Labute approximate surface area is 106 Å². The molecule has 1 aromatic rings. The van der Waals surface area contributed by atoms with E-state index in [1.165, 1.54) is 31.2 Å². The van der Waals surface area contributed by atoms with Crippen molar-refractivity contribution in [2.45, 2.75) is 25.2 Å². The summed E-state index contributed by atoms with van der Waals surface area (Å²) in [4.78, 5) is 22.3. The molecule has 0 heterocycles. The number of sulfone groups is 1. The van der Waals surface area contributed by atoms with Crippen LogP contribution in [0.1, 0.15) is 20.3 Å². The van der Waals surface area contributed by atoms with Crippen molar-refractivity contribution in [2.75, 3.05) is 11.1 Å². The van der Waals surface area contributed by atoms with Gasteiger partial charge >= 0.3 is 0 Å². The van der Waals surface area contributed by atoms with Gasteiger partial charge in [0, 0.05) is 5.69 Å². The number of hydrogen-bond donors (Lipinski definition) is 1. The van der Waals surface area contributed by atoms with E-state index < -0.39 is 15.7 Å². The van der Waals surface area contributed by atoms with Crippen LogP contribution in [-0.2, 0) is 19.4 Å². The number of anilines is 1. The molecule has 6 heteroatoms. The summed E-state index contributed by atoms with van der Waals surface area (Å²) < 4.78 is 23.1. The molecular formula is C12H15NO4S. The van der Waals surface area contributed by atoms with Crippen LogP contribution in [0.15, 0.2) is 29.2 Å². The summed E-state index contributed by atoms with van der Waals surface area (Å²) in [6.45, 7) is 2.90. The molecule has 0 unspecified atom stereocenters. The number of nitrogens with one attached hydrogen (secondary N) is 1. The topological polar surface area (TPSA) is 80.3 Å². The number of benzene rings is 1. The van der Waals surface area contributed by atoms with Gasteiger partial charge in [0.1, 0.15) is 5.78 Å². The van der Waals surface area contributed by atoms with Crippen LogP contribution in [0.4, 0.5) is 5.69 Å². The maximum absolute atomic E-state index is 11.5. The maximum Gasteiger partial charge on any atom is 0.231 e. The molecule has 1 amide bonds. The molecule has 0 spiro atoms. The Morgan fingerprint density at radius 3 is 2.17 bits per heavy atom. The van der Waals surface area contributed by atoms with Gasteiger partial charge in [-0.2, -0.15) is 0 Å². The van der Waals surface area contributed by atoms with Crippen molar-refractivity contribution in [2.24, 2.45) is 0 Å². The Bertz CT molecular complexity index is 546. The third-order valence-corrected chi connectivity index (χ3v) is 4.04. The van der Waals surface area contributed by atoms with Crippen molar-refractivity contribution >= 4 is 27.2 Å². The third kappa shape index (κ3) is 3.96. The van der Waals surface area contributed by atoms with Crippen LogP contribution in [0.2, 0.25) is 0 Å². The molecule has 0 aliphatic heterocycles. The van der Waals surface area contributed by atoms with E-state index in [1.54, 1.807) is 6.92 Å². The monoisotopic (exact) mass is 269 g/mol. The second kappa shape index (κ2) is 5.77. The highest BCUT2D eigenvalue weighted by molar-refractivity contribution is 7.91. The van der Waals surface area contributed by atoms with Crippen molar-refractivity contribution < 1.29 is 18.0 Å². The largest absolute Gasteiger partial charge is 0.326 e. The minimum Gasteiger partial charge on any atom is -0.326 e. The number of ketones is 1. The molecule has 0 fully saturated rings. The number of Topliss-reactive ketones (excluding diaryl/α,β-unsaturated/α-hetero) is 1. The van der Waals surface area contributed by atoms with Gasteiger partial charge in [0.2, 0.25) is 5.91 Å². The Morgan fingerprint density at radius 1 is 1.17 bits per heavy atom. The van der Waals surface area contributed by atoms with E-state index in [9.17, 15) is 18.0 Å². The van der Waals surface area contributed by atoms with Gasteiger partial charge in [-0.25, -0.2) is 8.42 Å². The molecule has 0 atom stereocenters. The number of hydrogen-bond acceptors (Lipinski definition) is 4. The summed E-state index contributed by atoms with van der Waals surface area (Å²) in [6.07, 6.45) is -0.186. The van der Waals surface area contributed by atoms with Crippen molar-refractivity contribution in [1.29, 1.82) is 0 Å². The summed E-state index contributed by atoms with van der Waals surface area (Å²) in [5.74, 6) is -0.602. The minimum atomic E-state index is -3.23. The summed E-state index contributed by atoms with van der Waals surface area (Å²) in [5, 5.41) is 2.52. The molecular weight excluding hydrogens is 254 g/mol. The van der Waals surface area contributed by atoms with Crippen LogP contribution in [0.5, 0.6) is 0 Å². The number of carbonyl (C=O) groups is 2. The number of carbonyl (C=O) groups excluding carboxylic acids is 2. The molecule has 0 aromatic heterocycles. The van der Waals surface area contributed by atoms with Crippen LogP contribution in [0.3, 0.4) is 0 Å². The molecule has 0 aliphatic rings. The van der Waals surface area contributed by atoms with Gasteiger partial charge in [-0.3, -0.25) is 9.59 Å². The number of rotatable bonds is 5. The van der Waals surface area contributed by atoms with Gasteiger partial charge in [-0.05, 0) is 31.2 Å². The standard InChI is InChI=1S/C12H15NO4S/c1-3-18(16,17)11-6-4-10(5-7-11)13-12(15)8-9(2)14/h4-7H,3,8H2,1-2H3,(H,13,15). The van der Waals surface area contributed by atoms with Crippen molar-refractivity contribution in [1.82, 2.24) is 0 Å². The number of amides is 1. The van der Waals surface area contributed by atoms with E-state index in [2.05, 4.69) is 5.32 Å². The molecule has 0 bridgehead atoms. The fraction of sp³-hybridized carbons (Fsp3) is 0.333. The molecule has 1 N–H and O–H groups in total. The van der Waals surface area contributed by atoms with E-state index in [4.69, 9.17) is 0 Å². The van der Waals surface area contributed by atoms with Crippen LogP contribution in [-0.4, -0.2) is 25.9 Å². The lowest BCUT2D eigenvalue weighted by Gasteiger charge is -2.05. The summed E-state index contributed by atoms with van der Waals surface area (Å²) in [6, 6.07) is 5.87. The van der Waals surface area contributed by atoms with Crippen LogP contribution in [0, 0.1) is 0 Å². The summed E-state index contributed by atoms with van der Waals surface area (Å²) in [5.41, 5.74) is 0.469. The Morgan fingerprint density at radius 2 is 1.72 bits per heavy atom.